The van der Waals surface area contributed by atoms with E-state index in [1.807, 2.05) is 103 Å². The van der Waals surface area contributed by atoms with Crippen molar-refractivity contribution in [1.82, 2.24) is 9.13 Å². The smallest absolute Gasteiger partial charge is 0.0645 e. The molecule has 2 nitrogen and oxygen atoms in total. The van der Waals surface area contributed by atoms with Crippen molar-refractivity contribution in [2.45, 2.75) is 0 Å². The van der Waals surface area contributed by atoms with E-state index >= 15 is 0 Å². The molecule has 0 radical (unpaired) electrons. The average molecular weight is 674 g/mol. The molecule has 0 aliphatic heterocycles. The van der Waals surface area contributed by atoms with Crippen molar-refractivity contribution in [3.8, 4) is 33.6 Å². The molecule has 0 aliphatic carbocycles. The van der Waals surface area contributed by atoms with Gasteiger partial charge in [-0.2, -0.15) is 0 Å². The van der Waals surface area contributed by atoms with Crippen molar-refractivity contribution >= 4 is 75.1 Å². The molecule has 238 valence electrons. The second-order valence-electron chi connectivity index (χ2n) is 12.8. The van der Waals surface area contributed by atoms with Gasteiger partial charge in [-0.25, -0.2) is 0 Å². The van der Waals surface area contributed by atoms with E-state index in [0.29, 0.717) is 11.3 Å². The van der Waals surface area contributed by atoms with Crippen molar-refractivity contribution in [3.05, 3.63) is 182 Å². The van der Waals surface area contributed by atoms with Gasteiger partial charge in [0.2, 0.25) is 0 Å². The maximum absolute atomic E-state index is 9.91. The molecule has 0 unspecified atom stereocenters. The predicted molar refractivity (Wildman–Crippen MR) is 219 cm³/mol. The summed E-state index contributed by atoms with van der Waals surface area (Å²) in [5.41, 5.74) is 6.91. The standard InChI is InChI=1S/C48H30N2S/c1-3-13-31(14-4-1)35-19-11-20-37-40-30-33(25-27-42(40)49(48(35)37)34-15-5-2-6-16-34)32-26-28-43-39(29-32)36-17-7-9-21-41(36)50(43)44-22-12-24-46-47(44)38-18-8-10-23-45(38)51-46/h1-30H/i7D,9D,17D,21D,26D,28D,29D. The highest BCUT2D eigenvalue weighted by Gasteiger charge is 2.19. The molecule has 3 heteroatoms. The molecule has 3 heterocycles. The van der Waals surface area contributed by atoms with Gasteiger partial charge in [0.15, 0.2) is 0 Å². The summed E-state index contributed by atoms with van der Waals surface area (Å²) in [7, 11) is 0. The van der Waals surface area contributed by atoms with Crippen LogP contribution in [0.25, 0.3) is 97.4 Å². The van der Waals surface area contributed by atoms with Crippen LogP contribution in [0, 0.1) is 0 Å². The summed E-state index contributed by atoms with van der Waals surface area (Å²) in [5, 5.41) is 4.15. The van der Waals surface area contributed by atoms with Crippen LogP contribution in [0.4, 0.5) is 0 Å². The van der Waals surface area contributed by atoms with Crippen LogP contribution in [0.2, 0.25) is 0 Å². The Balaban J connectivity index is 1.26. The first-order valence-corrected chi connectivity index (χ1v) is 17.7. The highest BCUT2D eigenvalue weighted by molar-refractivity contribution is 7.25. The van der Waals surface area contributed by atoms with Crippen molar-refractivity contribution in [2.24, 2.45) is 0 Å². The lowest BCUT2D eigenvalue weighted by molar-refractivity contribution is 1.18. The first-order chi connectivity index (χ1) is 28.2. The predicted octanol–water partition coefficient (Wildman–Crippen LogP) is 13.6. The number of fused-ring (bicyclic) bond motifs is 9. The zero-order valence-electron chi connectivity index (χ0n) is 34.1. The molecule has 0 saturated heterocycles. The van der Waals surface area contributed by atoms with E-state index in [0.717, 1.165) is 58.8 Å². The fourth-order valence-electron chi connectivity index (χ4n) is 7.76. The van der Waals surface area contributed by atoms with Gasteiger partial charge >= 0.3 is 0 Å². The molecule has 0 fully saturated rings. The summed E-state index contributed by atoms with van der Waals surface area (Å²) < 4.78 is 71.1. The normalized spacial score (nSPS) is 13.8. The van der Waals surface area contributed by atoms with Crippen LogP contribution in [0.15, 0.2) is 182 Å². The molecule has 51 heavy (non-hydrogen) atoms. The Kier molecular flexibility index (Phi) is 4.84. The van der Waals surface area contributed by atoms with Gasteiger partial charge in [0.05, 0.1) is 37.3 Å². The molecular weight excluding hydrogens is 637 g/mol. The Morgan fingerprint density at radius 1 is 0.451 bits per heavy atom. The molecule has 0 bridgehead atoms. The molecule has 0 aliphatic rings. The van der Waals surface area contributed by atoms with E-state index in [-0.39, 0.29) is 57.6 Å². The Bertz CT molecular complexity index is 3530. The minimum Gasteiger partial charge on any atom is -0.309 e. The van der Waals surface area contributed by atoms with Crippen molar-refractivity contribution in [1.29, 1.82) is 0 Å². The Morgan fingerprint density at radius 2 is 1.20 bits per heavy atom. The molecule has 0 amide bonds. The van der Waals surface area contributed by atoms with Gasteiger partial charge in [0.1, 0.15) is 0 Å². The van der Waals surface area contributed by atoms with Gasteiger partial charge in [-0.3, -0.25) is 0 Å². The Labute approximate surface area is 308 Å². The quantitative estimate of drug-likeness (QED) is 0.176. The average Bonchev–Trinajstić information content (AvgIpc) is 3.93. The van der Waals surface area contributed by atoms with E-state index in [1.165, 1.54) is 0 Å². The molecule has 8 aromatic carbocycles. The minimum atomic E-state index is -0.414. The maximum atomic E-state index is 9.91. The highest BCUT2D eigenvalue weighted by Crippen LogP contribution is 2.43. The van der Waals surface area contributed by atoms with E-state index in [4.69, 9.17) is 2.74 Å². The molecule has 3 aromatic heterocycles. The van der Waals surface area contributed by atoms with Gasteiger partial charge in [0, 0.05) is 53.0 Å². The van der Waals surface area contributed by atoms with Gasteiger partial charge in [-0.05, 0) is 77.3 Å². The summed E-state index contributed by atoms with van der Waals surface area (Å²) in [4.78, 5) is 0. The van der Waals surface area contributed by atoms with E-state index in [1.54, 1.807) is 15.9 Å². The van der Waals surface area contributed by atoms with Crippen LogP contribution >= 0.6 is 11.3 Å². The third kappa shape index (κ3) is 4.22. The number of rotatable bonds is 4. The SMILES string of the molecule is [2H]c1c([2H])c([2H])c2c(c1[2H])c1c([2H])c(-c3ccc4c(c3)c3cccc(-c5ccccc5)c3n4-c3ccccc3)c([2H])c([2H])c1n2-c1cccc2sc3ccccc3c12. The second kappa shape index (κ2) is 11.0. The lowest BCUT2D eigenvalue weighted by atomic mass is 9.99. The summed E-state index contributed by atoms with van der Waals surface area (Å²) >= 11 is 1.62. The van der Waals surface area contributed by atoms with E-state index < -0.39 is 12.1 Å². The van der Waals surface area contributed by atoms with Crippen LogP contribution in [0.5, 0.6) is 0 Å². The lowest BCUT2D eigenvalue weighted by Gasteiger charge is -2.12. The van der Waals surface area contributed by atoms with Crippen molar-refractivity contribution < 1.29 is 9.60 Å². The number of hydrogen-bond donors (Lipinski definition) is 0. The largest absolute Gasteiger partial charge is 0.309 e. The van der Waals surface area contributed by atoms with Crippen LogP contribution < -0.4 is 0 Å². The number of benzene rings is 8. The summed E-state index contributed by atoms with van der Waals surface area (Å²) in [6, 6.07) is 44.7. The number of aromatic nitrogens is 2. The first kappa shape index (κ1) is 22.3. The highest BCUT2D eigenvalue weighted by atomic mass is 32.1. The molecule has 11 aromatic rings. The fourth-order valence-corrected chi connectivity index (χ4v) is 8.89. The molecular formula is C48H30N2S. The van der Waals surface area contributed by atoms with Crippen molar-refractivity contribution in [2.75, 3.05) is 0 Å². The minimum absolute atomic E-state index is 0.0664. The Morgan fingerprint density at radius 3 is 2.10 bits per heavy atom. The molecule has 11 rings (SSSR count). The van der Waals surface area contributed by atoms with Crippen LogP contribution in [0.1, 0.15) is 9.60 Å². The van der Waals surface area contributed by atoms with Crippen LogP contribution in [-0.4, -0.2) is 9.13 Å². The molecule has 0 spiro atoms. The summed E-state index contributed by atoms with van der Waals surface area (Å²) in [5.74, 6) is 0. The third-order valence-electron chi connectivity index (χ3n) is 9.95. The third-order valence-corrected chi connectivity index (χ3v) is 11.1. The number of hydrogen-bond acceptors (Lipinski definition) is 1. The van der Waals surface area contributed by atoms with Gasteiger partial charge in [0.25, 0.3) is 0 Å². The molecule has 0 atom stereocenters. The van der Waals surface area contributed by atoms with Gasteiger partial charge < -0.3 is 9.13 Å². The number of para-hydroxylation sites is 3. The molecule has 0 N–H and O–H groups in total. The monoisotopic (exact) mass is 673 g/mol. The Hall–Kier alpha value is -6.42. The molecule has 0 saturated carbocycles. The van der Waals surface area contributed by atoms with Crippen LogP contribution in [-0.2, 0) is 0 Å². The van der Waals surface area contributed by atoms with E-state index in [2.05, 4.69) is 41.0 Å². The van der Waals surface area contributed by atoms with Gasteiger partial charge in [-0.1, -0.05) is 121 Å². The van der Waals surface area contributed by atoms with Gasteiger partial charge in [-0.15, -0.1) is 11.3 Å². The summed E-state index contributed by atoms with van der Waals surface area (Å²) in [6.45, 7) is 0. The first-order valence-electron chi connectivity index (χ1n) is 20.4. The van der Waals surface area contributed by atoms with E-state index in [9.17, 15) is 6.85 Å². The van der Waals surface area contributed by atoms with Crippen LogP contribution in [0.3, 0.4) is 0 Å². The number of nitrogens with zero attached hydrogens (tertiary/aromatic N) is 2. The number of thiophene rings is 1. The second-order valence-corrected chi connectivity index (χ2v) is 13.8. The summed E-state index contributed by atoms with van der Waals surface area (Å²) in [6.07, 6.45) is 0. The zero-order valence-corrected chi connectivity index (χ0v) is 27.9. The lowest BCUT2D eigenvalue weighted by Crippen LogP contribution is -1.95. The topological polar surface area (TPSA) is 9.86 Å². The zero-order chi connectivity index (χ0) is 39.6. The van der Waals surface area contributed by atoms with Crippen molar-refractivity contribution in [3.63, 3.8) is 0 Å². The maximum Gasteiger partial charge on any atom is 0.0645 e. The fraction of sp³-hybridized carbons (Fsp3) is 0.